The predicted octanol–water partition coefficient (Wildman–Crippen LogP) is 1.80. The van der Waals surface area contributed by atoms with Crippen LogP contribution in [0.1, 0.15) is 18.4 Å². The third kappa shape index (κ3) is 6.64. The molecule has 7 nitrogen and oxygen atoms in total. The van der Waals surface area contributed by atoms with Crippen LogP contribution in [0, 0.1) is 0 Å². The maximum absolute atomic E-state index is 11.8. The van der Waals surface area contributed by atoms with Gasteiger partial charge in [-0.25, -0.2) is 0 Å². The van der Waals surface area contributed by atoms with Gasteiger partial charge in [-0.2, -0.15) is 0 Å². The number of para-hydroxylation sites is 1. The fourth-order valence-electron chi connectivity index (χ4n) is 2.15. The Kier molecular flexibility index (Phi) is 7.17. The molecule has 0 aliphatic rings. The fraction of sp³-hybridized carbons (Fsp3) is 0.211. The van der Waals surface area contributed by atoms with Crippen LogP contribution in [0.3, 0.4) is 0 Å². The first-order chi connectivity index (χ1) is 12.6. The van der Waals surface area contributed by atoms with Gasteiger partial charge in [0.15, 0.2) is 0 Å². The van der Waals surface area contributed by atoms with Crippen molar-refractivity contribution in [2.45, 2.75) is 19.3 Å². The Bertz CT molecular complexity index is 745. The molecule has 0 bridgehead atoms. The van der Waals surface area contributed by atoms with Gasteiger partial charge >= 0.3 is 0 Å². The van der Waals surface area contributed by atoms with Gasteiger partial charge in [0.2, 0.25) is 17.7 Å². The van der Waals surface area contributed by atoms with Gasteiger partial charge in [0.25, 0.3) is 0 Å². The fourth-order valence-corrected chi connectivity index (χ4v) is 2.15. The van der Waals surface area contributed by atoms with Crippen molar-refractivity contribution in [2.75, 3.05) is 12.4 Å². The van der Waals surface area contributed by atoms with Crippen molar-refractivity contribution in [3.05, 3.63) is 60.2 Å². The monoisotopic (exact) mass is 355 g/mol. The van der Waals surface area contributed by atoms with Crippen LogP contribution in [0.5, 0.6) is 5.75 Å². The van der Waals surface area contributed by atoms with Gasteiger partial charge in [-0.15, -0.1) is 0 Å². The highest BCUT2D eigenvalue weighted by Gasteiger charge is 2.09. The Balaban J connectivity index is 1.65. The first-order valence-electron chi connectivity index (χ1n) is 8.12. The molecule has 0 fully saturated rings. The molecule has 0 atom stereocenters. The summed E-state index contributed by atoms with van der Waals surface area (Å²) in [5, 5.41) is 2.69. The molecule has 26 heavy (non-hydrogen) atoms. The summed E-state index contributed by atoms with van der Waals surface area (Å²) in [7, 11) is 1.57. The molecule has 0 heterocycles. The van der Waals surface area contributed by atoms with E-state index in [-0.39, 0.29) is 31.1 Å². The van der Waals surface area contributed by atoms with E-state index in [9.17, 15) is 14.4 Å². The molecular weight excluding hydrogens is 334 g/mol. The van der Waals surface area contributed by atoms with Gasteiger partial charge in [-0.1, -0.05) is 30.3 Å². The highest BCUT2D eigenvalue weighted by atomic mass is 16.5. The van der Waals surface area contributed by atoms with Crippen LogP contribution in [-0.4, -0.2) is 24.8 Å². The smallest absolute Gasteiger partial charge is 0.242 e. The van der Waals surface area contributed by atoms with Crippen molar-refractivity contribution in [3.8, 4) is 5.75 Å². The first kappa shape index (κ1) is 19.0. The second-order valence-electron chi connectivity index (χ2n) is 5.54. The molecule has 0 saturated carbocycles. The standard InChI is InChI=1S/C19H21N3O4/c1-26-16-9-7-14(8-10-16)13-19(25)22-21-18(24)12-11-17(23)20-15-5-3-2-4-6-15/h2-10H,11-13H2,1H3,(H,20,23)(H,21,24)(H,22,25). The second-order valence-corrected chi connectivity index (χ2v) is 5.54. The van der Waals surface area contributed by atoms with Crippen molar-refractivity contribution in [2.24, 2.45) is 0 Å². The molecule has 0 aromatic heterocycles. The van der Waals surface area contributed by atoms with E-state index in [2.05, 4.69) is 16.2 Å². The number of carbonyl (C=O) groups excluding carboxylic acids is 3. The number of nitrogens with one attached hydrogen (secondary N) is 3. The zero-order chi connectivity index (χ0) is 18.8. The number of anilines is 1. The van der Waals surface area contributed by atoms with E-state index in [0.29, 0.717) is 11.4 Å². The highest BCUT2D eigenvalue weighted by Crippen LogP contribution is 2.11. The number of amides is 3. The lowest BCUT2D eigenvalue weighted by molar-refractivity contribution is -0.129. The van der Waals surface area contributed by atoms with Gasteiger partial charge in [-0.3, -0.25) is 25.2 Å². The maximum Gasteiger partial charge on any atom is 0.242 e. The number of carbonyl (C=O) groups is 3. The molecule has 0 radical (unpaired) electrons. The molecule has 0 spiro atoms. The molecule has 0 aliphatic heterocycles. The summed E-state index contributed by atoms with van der Waals surface area (Å²) in [6.45, 7) is 0. The van der Waals surface area contributed by atoms with Crippen LogP contribution in [-0.2, 0) is 20.8 Å². The van der Waals surface area contributed by atoms with Crippen molar-refractivity contribution < 1.29 is 19.1 Å². The predicted molar refractivity (Wildman–Crippen MR) is 97.3 cm³/mol. The number of rotatable bonds is 7. The van der Waals surface area contributed by atoms with E-state index in [1.54, 1.807) is 55.6 Å². The minimum absolute atomic E-state index is 0.0229. The molecule has 0 saturated heterocycles. The Morgan fingerprint density at radius 1 is 0.808 bits per heavy atom. The summed E-state index contributed by atoms with van der Waals surface area (Å²) < 4.78 is 5.05. The Morgan fingerprint density at radius 3 is 2.08 bits per heavy atom. The van der Waals surface area contributed by atoms with Gasteiger partial charge in [0.05, 0.1) is 13.5 Å². The molecule has 3 amide bonds. The Morgan fingerprint density at radius 2 is 1.42 bits per heavy atom. The lowest BCUT2D eigenvalue weighted by atomic mass is 10.1. The molecular formula is C19H21N3O4. The molecule has 2 aromatic carbocycles. The lowest BCUT2D eigenvalue weighted by Gasteiger charge is -2.08. The van der Waals surface area contributed by atoms with Gasteiger partial charge in [0.1, 0.15) is 5.75 Å². The van der Waals surface area contributed by atoms with Crippen LogP contribution in [0.2, 0.25) is 0 Å². The van der Waals surface area contributed by atoms with E-state index in [0.717, 1.165) is 5.56 Å². The summed E-state index contributed by atoms with van der Waals surface area (Å²) >= 11 is 0. The summed E-state index contributed by atoms with van der Waals surface area (Å²) in [6, 6.07) is 16.0. The number of hydrogen-bond donors (Lipinski definition) is 3. The normalized spacial score (nSPS) is 9.88. The van der Waals surface area contributed by atoms with Crippen molar-refractivity contribution in [1.29, 1.82) is 0 Å². The Hall–Kier alpha value is -3.35. The summed E-state index contributed by atoms with van der Waals surface area (Å²) in [5.74, 6) is -0.347. The van der Waals surface area contributed by atoms with Crippen LogP contribution >= 0.6 is 0 Å². The zero-order valence-corrected chi connectivity index (χ0v) is 14.5. The van der Waals surface area contributed by atoms with E-state index in [1.165, 1.54) is 0 Å². The minimum atomic E-state index is -0.434. The van der Waals surface area contributed by atoms with Gasteiger partial charge in [-0.05, 0) is 29.8 Å². The number of ether oxygens (including phenoxy) is 1. The minimum Gasteiger partial charge on any atom is -0.497 e. The summed E-state index contributed by atoms with van der Waals surface area (Å²) in [6.07, 6.45) is 0.120. The quantitative estimate of drug-likeness (QED) is 0.660. The third-order valence-electron chi connectivity index (χ3n) is 3.50. The second kappa shape index (κ2) is 9.83. The third-order valence-corrected chi connectivity index (χ3v) is 3.50. The number of methoxy groups -OCH3 is 1. The number of hydrogen-bond acceptors (Lipinski definition) is 4. The van der Waals surface area contributed by atoms with E-state index < -0.39 is 5.91 Å². The van der Waals surface area contributed by atoms with Crippen molar-refractivity contribution in [1.82, 2.24) is 10.9 Å². The van der Waals surface area contributed by atoms with Crippen molar-refractivity contribution in [3.63, 3.8) is 0 Å². The Labute approximate surface area is 151 Å². The van der Waals surface area contributed by atoms with E-state index in [1.807, 2.05) is 6.07 Å². The topological polar surface area (TPSA) is 96.5 Å². The van der Waals surface area contributed by atoms with Gasteiger partial charge < -0.3 is 10.1 Å². The molecule has 136 valence electrons. The molecule has 2 aromatic rings. The summed E-state index contributed by atoms with van der Waals surface area (Å²) in [5.41, 5.74) is 6.10. The largest absolute Gasteiger partial charge is 0.497 e. The molecule has 2 rings (SSSR count). The SMILES string of the molecule is COc1ccc(CC(=O)NNC(=O)CCC(=O)Nc2ccccc2)cc1. The van der Waals surface area contributed by atoms with Crippen LogP contribution in [0.15, 0.2) is 54.6 Å². The van der Waals surface area contributed by atoms with E-state index in [4.69, 9.17) is 4.74 Å². The van der Waals surface area contributed by atoms with Crippen LogP contribution in [0.25, 0.3) is 0 Å². The molecule has 3 N–H and O–H groups in total. The van der Waals surface area contributed by atoms with E-state index >= 15 is 0 Å². The number of hydrazine groups is 1. The molecule has 0 aliphatic carbocycles. The molecule has 7 heteroatoms. The lowest BCUT2D eigenvalue weighted by Crippen LogP contribution is -2.42. The van der Waals surface area contributed by atoms with Gasteiger partial charge in [0, 0.05) is 18.5 Å². The first-order valence-corrected chi connectivity index (χ1v) is 8.12. The van der Waals surface area contributed by atoms with Crippen LogP contribution in [0.4, 0.5) is 5.69 Å². The van der Waals surface area contributed by atoms with Crippen LogP contribution < -0.4 is 20.9 Å². The highest BCUT2D eigenvalue weighted by molar-refractivity contribution is 5.93. The summed E-state index contributed by atoms with van der Waals surface area (Å²) in [4.78, 5) is 35.3. The average Bonchev–Trinajstić information content (AvgIpc) is 2.66. The maximum atomic E-state index is 11.8. The van der Waals surface area contributed by atoms with Crippen molar-refractivity contribution >= 4 is 23.4 Å². The molecule has 0 unspecified atom stereocenters. The zero-order valence-electron chi connectivity index (χ0n) is 14.5. The average molecular weight is 355 g/mol. The number of benzene rings is 2.